The highest BCUT2D eigenvalue weighted by Crippen LogP contribution is 2.10. The fourth-order valence-corrected chi connectivity index (χ4v) is 1.21. The van der Waals surface area contributed by atoms with E-state index in [-0.39, 0.29) is 6.42 Å². The molecule has 4 heteroatoms. The van der Waals surface area contributed by atoms with Gasteiger partial charge in [0.15, 0.2) is 0 Å². The first-order valence-corrected chi connectivity index (χ1v) is 5.30. The number of nitrogens with zero attached hydrogens (tertiary/aromatic N) is 1. The molecule has 0 spiro atoms. The van der Waals surface area contributed by atoms with Crippen LogP contribution in [0.1, 0.15) is 25.3 Å². The number of nitrogens with one attached hydrogen (secondary N) is 1. The molecule has 0 saturated heterocycles. The number of aliphatic carboxylic acids is 1. The Morgan fingerprint density at radius 1 is 1.44 bits per heavy atom. The molecule has 1 rings (SSSR count). The molecule has 0 unspecified atom stereocenters. The van der Waals surface area contributed by atoms with Crippen molar-refractivity contribution in [3.63, 3.8) is 0 Å². The Morgan fingerprint density at radius 2 is 2.12 bits per heavy atom. The van der Waals surface area contributed by atoms with Gasteiger partial charge in [-0.15, -0.1) is 0 Å². The highest BCUT2D eigenvalue weighted by Gasteiger charge is 1.98. The van der Waals surface area contributed by atoms with E-state index in [1.165, 1.54) is 0 Å². The molecule has 0 aliphatic carbocycles. The summed E-state index contributed by atoms with van der Waals surface area (Å²) in [7, 11) is 0. The first kappa shape index (κ1) is 12.2. The predicted molar refractivity (Wildman–Crippen MR) is 64.8 cm³/mol. The predicted octanol–water partition coefficient (Wildman–Crippen LogP) is 2.51. The largest absolute Gasteiger partial charge is 0.481 e. The number of rotatable bonds is 6. The van der Waals surface area contributed by atoms with Crippen LogP contribution in [0.5, 0.6) is 0 Å². The number of hydrogen-bond donors (Lipinski definition) is 2. The SMILES string of the molecule is CC/C=N/Nc1ccc(CCC(=O)O)cc1. The number of carbonyl (C=O) groups is 1. The number of anilines is 1. The summed E-state index contributed by atoms with van der Waals surface area (Å²) in [4.78, 5) is 10.4. The van der Waals surface area contributed by atoms with Crippen LogP contribution < -0.4 is 5.43 Å². The minimum absolute atomic E-state index is 0.167. The fraction of sp³-hybridized carbons (Fsp3) is 0.333. The number of hydrogen-bond acceptors (Lipinski definition) is 3. The summed E-state index contributed by atoms with van der Waals surface area (Å²) in [6.45, 7) is 2.01. The molecule has 0 amide bonds. The van der Waals surface area contributed by atoms with Gasteiger partial charge in [0.2, 0.25) is 0 Å². The Labute approximate surface area is 95.0 Å². The van der Waals surface area contributed by atoms with Crippen LogP contribution in [-0.4, -0.2) is 17.3 Å². The molecular formula is C12H16N2O2. The Bertz CT molecular complexity index is 358. The van der Waals surface area contributed by atoms with Gasteiger partial charge in [-0.25, -0.2) is 0 Å². The maximum absolute atomic E-state index is 10.4. The van der Waals surface area contributed by atoms with E-state index < -0.39 is 5.97 Å². The van der Waals surface area contributed by atoms with Crippen molar-refractivity contribution in [2.24, 2.45) is 5.10 Å². The summed E-state index contributed by atoms with van der Waals surface area (Å²) in [6, 6.07) is 7.61. The third-order valence-corrected chi connectivity index (χ3v) is 2.05. The molecule has 0 aliphatic rings. The van der Waals surface area contributed by atoms with E-state index >= 15 is 0 Å². The molecular weight excluding hydrogens is 204 g/mol. The molecule has 0 heterocycles. The van der Waals surface area contributed by atoms with Gasteiger partial charge in [-0.05, 0) is 30.5 Å². The highest BCUT2D eigenvalue weighted by atomic mass is 16.4. The Morgan fingerprint density at radius 3 is 2.69 bits per heavy atom. The van der Waals surface area contributed by atoms with Gasteiger partial charge in [0.05, 0.1) is 5.69 Å². The zero-order chi connectivity index (χ0) is 11.8. The van der Waals surface area contributed by atoms with E-state index in [9.17, 15) is 4.79 Å². The van der Waals surface area contributed by atoms with E-state index in [4.69, 9.17) is 5.11 Å². The van der Waals surface area contributed by atoms with Crippen molar-refractivity contribution < 1.29 is 9.90 Å². The van der Waals surface area contributed by atoms with Gasteiger partial charge in [-0.3, -0.25) is 10.2 Å². The van der Waals surface area contributed by atoms with Gasteiger partial charge in [-0.2, -0.15) is 5.10 Å². The third kappa shape index (κ3) is 4.59. The number of hydrazone groups is 1. The van der Waals surface area contributed by atoms with Crippen LogP contribution in [0.25, 0.3) is 0 Å². The summed E-state index contributed by atoms with van der Waals surface area (Å²) in [5, 5.41) is 12.5. The second kappa shape index (κ2) is 6.61. The lowest BCUT2D eigenvalue weighted by Gasteiger charge is -2.02. The molecule has 86 valence electrons. The van der Waals surface area contributed by atoms with Gasteiger partial charge in [0.25, 0.3) is 0 Å². The highest BCUT2D eigenvalue weighted by molar-refractivity contribution is 5.67. The molecule has 2 N–H and O–H groups in total. The Balaban J connectivity index is 2.47. The van der Waals surface area contributed by atoms with Gasteiger partial charge in [0.1, 0.15) is 0 Å². The Hall–Kier alpha value is -1.84. The summed E-state index contributed by atoms with van der Waals surface area (Å²) in [5.41, 5.74) is 4.82. The van der Waals surface area contributed by atoms with Crippen LogP contribution >= 0.6 is 0 Å². The molecule has 16 heavy (non-hydrogen) atoms. The fourth-order valence-electron chi connectivity index (χ4n) is 1.21. The van der Waals surface area contributed by atoms with E-state index in [1.807, 2.05) is 31.2 Å². The van der Waals surface area contributed by atoms with Crippen molar-refractivity contribution in [2.45, 2.75) is 26.2 Å². The van der Waals surface area contributed by atoms with Crippen LogP contribution in [0.4, 0.5) is 5.69 Å². The van der Waals surface area contributed by atoms with E-state index in [0.29, 0.717) is 6.42 Å². The minimum atomic E-state index is -0.769. The van der Waals surface area contributed by atoms with Crippen molar-refractivity contribution in [3.05, 3.63) is 29.8 Å². The topological polar surface area (TPSA) is 61.7 Å². The number of carboxylic acid groups (broad SMARTS) is 1. The number of aryl methyl sites for hydroxylation is 1. The monoisotopic (exact) mass is 220 g/mol. The third-order valence-electron chi connectivity index (χ3n) is 2.05. The van der Waals surface area contributed by atoms with Crippen LogP contribution in [0.2, 0.25) is 0 Å². The molecule has 0 bridgehead atoms. The normalized spacial score (nSPS) is 10.6. The average molecular weight is 220 g/mol. The van der Waals surface area contributed by atoms with Crippen LogP contribution in [0.15, 0.2) is 29.4 Å². The van der Waals surface area contributed by atoms with Crippen LogP contribution in [0, 0.1) is 0 Å². The molecule has 1 aromatic carbocycles. The molecule has 0 saturated carbocycles. The summed E-state index contributed by atoms with van der Waals surface area (Å²) >= 11 is 0. The first-order chi connectivity index (χ1) is 7.72. The molecule has 0 aliphatic heterocycles. The Kier molecular flexibility index (Phi) is 5.05. The number of benzene rings is 1. The quantitative estimate of drug-likeness (QED) is 0.572. The number of carboxylic acids is 1. The second-order valence-corrected chi connectivity index (χ2v) is 3.42. The standard InChI is InChI=1S/C12H16N2O2/c1-2-9-13-14-11-6-3-10(4-7-11)5-8-12(15)16/h3-4,6-7,9,14H,2,5,8H2,1H3,(H,15,16)/b13-9+. The van der Waals surface area contributed by atoms with Crippen molar-refractivity contribution in [2.75, 3.05) is 5.43 Å². The zero-order valence-electron chi connectivity index (χ0n) is 9.31. The maximum atomic E-state index is 10.4. The van der Waals surface area contributed by atoms with E-state index in [0.717, 1.165) is 17.7 Å². The van der Waals surface area contributed by atoms with Crippen molar-refractivity contribution in [3.8, 4) is 0 Å². The van der Waals surface area contributed by atoms with Crippen molar-refractivity contribution in [1.82, 2.24) is 0 Å². The molecule has 0 aromatic heterocycles. The average Bonchev–Trinajstić information content (AvgIpc) is 2.28. The van der Waals surface area contributed by atoms with Gasteiger partial charge < -0.3 is 5.11 Å². The van der Waals surface area contributed by atoms with Gasteiger partial charge in [-0.1, -0.05) is 19.1 Å². The van der Waals surface area contributed by atoms with Crippen molar-refractivity contribution in [1.29, 1.82) is 0 Å². The van der Waals surface area contributed by atoms with Gasteiger partial charge in [0, 0.05) is 12.6 Å². The molecule has 0 fully saturated rings. The summed E-state index contributed by atoms with van der Waals surface area (Å²) in [5.74, 6) is -0.769. The summed E-state index contributed by atoms with van der Waals surface area (Å²) in [6.07, 6.45) is 3.41. The van der Waals surface area contributed by atoms with E-state index in [1.54, 1.807) is 6.21 Å². The molecule has 0 atom stereocenters. The lowest BCUT2D eigenvalue weighted by atomic mass is 10.1. The van der Waals surface area contributed by atoms with Crippen molar-refractivity contribution >= 4 is 17.9 Å². The summed E-state index contributed by atoms with van der Waals surface area (Å²) < 4.78 is 0. The van der Waals surface area contributed by atoms with Crippen LogP contribution in [-0.2, 0) is 11.2 Å². The van der Waals surface area contributed by atoms with E-state index in [2.05, 4.69) is 10.5 Å². The van der Waals surface area contributed by atoms with Crippen LogP contribution in [0.3, 0.4) is 0 Å². The zero-order valence-corrected chi connectivity index (χ0v) is 9.31. The first-order valence-electron chi connectivity index (χ1n) is 5.30. The second-order valence-electron chi connectivity index (χ2n) is 3.42. The molecule has 1 aromatic rings. The molecule has 4 nitrogen and oxygen atoms in total. The lowest BCUT2D eigenvalue weighted by Crippen LogP contribution is -1.97. The van der Waals surface area contributed by atoms with Gasteiger partial charge >= 0.3 is 5.97 Å². The molecule has 0 radical (unpaired) electrons. The smallest absolute Gasteiger partial charge is 0.303 e. The maximum Gasteiger partial charge on any atom is 0.303 e. The lowest BCUT2D eigenvalue weighted by molar-refractivity contribution is -0.136. The minimum Gasteiger partial charge on any atom is -0.481 e.